The third kappa shape index (κ3) is 3.64. The zero-order chi connectivity index (χ0) is 17.9. The molecule has 1 aromatic carbocycles. The molecule has 0 bridgehead atoms. The maximum Gasteiger partial charge on any atom is 0.236 e. The second kappa shape index (κ2) is 7.56. The minimum atomic E-state index is 0.133. The number of rotatable bonds is 5. The number of benzene rings is 1. The highest BCUT2D eigenvalue weighted by Gasteiger charge is 2.26. The fourth-order valence-electron chi connectivity index (χ4n) is 3.48. The van der Waals surface area contributed by atoms with Gasteiger partial charge >= 0.3 is 0 Å². The van der Waals surface area contributed by atoms with Crippen LogP contribution in [0.25, 0.3) is 10.8 Å². The van der Waals surface area contributed by atoms with E-state index >= 15 is 0 Å². The Hall–Kier alpha value is -2.24. The first-order chi connectivity index (χ1) is 12.7. The van der Waals surface area contributed by atoms with Crippen LogP contribution in [0.2, 0.25) is 0 Å². The molecule has 0 N–H and O–H groups in total. The Morgan fingerprint density at radius 2 is 1.96 bits per heavy atom. The number of Topliss-reactive ketones (excluding diaryl/α,β-unsaturated/α-hetero) is 1. The number of likely N-dealkylation sites (tertiary alicyclic amines) is 1. The number of hydrogen-bond acceptors (Lipinski definition) is 5. The number of nitrogens with zero attached hydrogens (tertiary/aromatic N) is 2. The Balaban J connectivity index is 1.36. The fraction of sp³-hybridized carbons (Fsp3) is 0.333. The third-order valence-electron chi connectivity index (χ3n) is 5.01. The average Bonchev–Trinajstić information content (AvgIpc) is 3.33. The summed E-state index contributed by atoms with van der Waals surface area (Å²) in [4.78, 5) is 20.7. The van der Waals surface area contributed by atoms with Crippen LogP contribution in [0.5, 0.6) is 0 Å². The molecule has 1 aliphatic heterocycles. The van der Waals surface area contributed by atoms with Gasteiger partial charge in [-0.25, -0.2) is 4.98 Å². The molecule has 26 heavy (non-hydrogen) atoms. The number of thiophene rings is 1. The molecular weight excluding hydrogens is 344 g/mol. The summed E-state index contributed by atoms with van der Waals surface area (Å²) in [7, 11) is 0. The molecule has 4 nitrogen and oxygen atoms in total. The Labute approximate surface area is 157 Å². The molecular formula is C21H22N2O2S. The quantitative estimate of drug-likeness (QED) is 0.608. The van der Waals surface area contributed by atoms with Crippen molar-refractivity contribution in [2.45, 2.75) is 26.3 Å². The van der Waals surface area contributed by atoms with Crippen LogP contribution in [0.1, 0.15) is 34.7 Å². The van der Waals surface area contributed by atoms with Gasteiger partial charge in [0.15, 0.2) is 5.78 Å². The molecule has 0 amide bonds. The lowest BCUT2D eigenvalue weighted by Crippen LogP contribution is -2.36. The zero-order valence-electron chi connectivity index (χ0n) is 14.9. The highest BCUT2D eigenvalue weighted by Crippen LogP contribution is 2.28. The molecule has 3 aromatic rings. The standard InChI is InChI=1S/C21H22N2O2S/c1-15-18(22-21(25-15)19-8-5-13-26-19)14-23-11-9-17(10-12-23)20(24)16-6-3-2-4-7-16/h2-8,13,17H,9-12,14H2,1H3. The molecule has 3 heterocycles. The van der Waals surface area contributed by atoms with Gasteiger partial charge in [-0.15, -0.1) is 11.3 Å². The number of hydrogen-bond donors (Lipinski definition) is 0. The van der Waals surface area contributed by atoms with Crippen LogP contribution in [-0.4, -0.2) is 28.8 Å². The van der Waals surface area contributed by atoms with Gasteiger partial charge in [0.1, 0.15) is 5.76 Å². The van der Waals surface area contributed by atoms with Crippen molar-refractivity contribution in [3.63, 3.8) is 0 Å². The highest BCUT2D eigenvalue weighted by atomic mass is 32.1. The number of piperidine rings is 1. The maximum atomic E-state index is 12.6. The van der Waals surface area contributed by atoms with E-state index in [0.29, 0.717) is 5.89 Å². The van der Waals surface area contributed by atoms with Gasteiger partial charge in [-0.3, -0.25) is 9.69 Å². The molecule has 0 saturated carbocycles. The van der Waals surface area contributed by atoms with Gasteiger partial charge < -0.3 is 4.42 Å². The smallest absolute Gasteiger partial charge is 0.236 e. The van der Waals surface area contributed by atoms with Gasteiger partial charge in [-0.2, -0.15) is 0 Å². The Kier molecular flexibility index (Phi) is 5.00. The number of aryl methyl sites for hydroxylation is 1. The summed E-state index contributed by atoms with van der Waals surface area (Å²) >= 11 is 1.64. The normalized spacial score (nSPS) is 16.0. The van der Waals surface area contributed by atoms with Crippen LogP contribution in [0.3, 0.4) is 0 Å². The molecule has 0 radical (unpaired) electrons. The van der Waals surface area contributed by atoms with Crippen LogP contribution in [-0.2, 0) is 6.54 Å². The summed E-state index contributed by atoms with van der Waals surface area (Å²) in [6, 6.07) is 13.7. The van der Waals surface area contributed by atoms with Crippen molar-refractivity contribution in [3.05, 3.63) is 64.9 Å². The van der Waals surface area contributed by atoms with Gasteiger partial charge in [0, 0.05) is 18.0 Å². The monoisotopic (exact) mass is 366 g/mol. The van der Waals surface area contributed by atoms with E-state index in [-0.39, 0.29) is 11.7 Å². The van der Waals surface area contributed by atoms with E-state index in [2.05, 4.69) is 9.88 Å². The SMILES string of the molecule is Cc1oc(-c2cccs2)nc1CN1CCC(C(=O)c2ccccc2)CC1. The van der Waals surface area contributed by atoms with E-state index in [1.165, 1.54) is 0 Å². The lowest BCUT2D eigenvalue weighted by atomic mass is 9.89. The van der Waals surface area contributed by atoms with E-state index in [1.54, 1.807) is 11.3 Å². The molecule has 1 fully saturated rings. The first kappa shape index (κ1) is 17.2. The Bertz CT molecular complexity index is 863. The minimum absolute atomic E-state index is 0.133. The van der Waals surface area contributed by atoms with Crippen molar-refractivity contribution in [1.29, 1.82) is 0 Å². The predicted octanol–water partition coefficient (Wildman–Crippen LogP) is 4.81. The lowest BCUT2D eigenvalue weighted by Gasteiger charge is -2.30. The fourth-order valence-corrected chi connectivity index (χ4v) is 4.13. The van der Waals surface area contributed by atoms with Crippen molar-refractivity contribution >= 4 is 17.1 Å². The largest absolute Gasteiger partial charge is 0.440 e. The molecule has 5 heteroatoms. The van der Waals surface area contributed by atoms with Crippen LogP contribution in [0.15, 0.2) is 52.3 Å². The summed E-state index contributed by atoms with van der Waals surface area (Å²) in [6.07, 6.45) is 1.81. The molecule has 0 spiro atoms. The van der Waals surface area contributed by atoms with Crippen molar-refractivity contribution in [1.82, 2.24) is 9.88 Å². The van der Waals surface area contributed by atoms with E-state index in [4.69, 9.17) is 4.42 Å². The molecule has 2 aromatic heterocycles. The van der Waals surface area contributed by atoms with Crippen molar-refractivity contribution < 1.29 is 9.21 Å². The van der Waals surface area contributed by atoms with Crippen molar-refractivity contribution in [2.75, 3.05) is 13.1 Å². The summed E-state index contributed by atoms with van der Waals surface area (Å²) in [5.41, 5.74) is 1.83. The maximum absolute atomic E-state index is 12.6. The van der Waals surface area contributed by atoms with Gasteiger partial charge in [0.2, 0.25) is 5.89 Å². The minimum Gasteiger partial charge on any atom is -0.440 e. The zero-order valence-corrected chi connectivity index (χ0v) is 15.7. The van der Waals surface area contributed by atoms with Gasteiger partial charge in [-0.1, -0.05) is 36.4 Å². The van der Waals surface area contributed by atoms with Crippen LogP contribution in [0.4, 0.5) is 0 Å². The first-order valence-electron chi connectivity index (χ1n) is 9.02. The molecule has 1 saturated heterocycles. The Morgan fingerprint density at radius 1 is 1.19 bits per heavy atom. The predicted molar refractivity (Wildman–Crippen MR) is 103 cm³/mol. The van der Waals surface area contributed by atoms with E-state index in [9.17, 15) is 4.79 Å². The number of aromatic nitrogens is 1. The molecule has 0 atom stereocenters. The van der Waals surface area contributed by atoms with E-state index < -0.39 is 0 Å². The Morgan fingerprint density at radius 3 is 2.65 bits per heavy atom. The van der Waals surface area contributed by atoms with Crippen molar-refractivity contribution in [3.8, 4) is 10.8 Å². The van der Waals surface area contributed by atoms with Gasteiger partial charge in [-0.05, 0) is 44.3 Å². The average molecular weight is 366 g/mol. The van der Waals surface area contributed by atoms with Crippen LogP contribution >= 0.6 is 11.3 Å². The second-order valence-corrected chi connectivity index (χ2v) is 7.73. The van der Waals surface area contributed by atoms with Gasteiger partial charge in [0.25, 0.3) is 0 Å². The molecule has 134 valence electrons. The highest BCUT2D eigenvalue weighted by molar-refractivity contribution is 7.13. The number of carbonyl (C=O) groups is 1. The molecule has 1 aliphatic rings. The topological polar surface area (TPSA) is 46.3 Å². The van der Waals surface area contributed by atoms with Crippen LogP contribution in [0, 0.1) is 12.8 Å². The second-order valence-electron chi connectivity index (χ2n) is 6.78. The number of carbonyl (C=O) groups excluding carboxylic acids is 1. The van der Waals surface area contributed by atoms with Gasteiger partial charge in [0.05, 0.1) is 10.6 Å². The van der Waals surface area contributed by atoms with E-state index in [0.717, 1.165) is 54.4 Å². The molecule has 0 aliphatic carbocycles. The summed E-state index contributed by atoms with van der Waals surface area (Å²) in [5, 5.41) is 2.03. The van der Waals surface area contributed by atoms with E-state index in [1.807, 2.05) is 54.8 Å². The summed E-state index contributed by atoms with van der Waals surface area (Å²) in [5.74, 6) is 2.01. The molecule has 4 rings (SSSR count). The lowest BCUT2D eigenvalue weighted by molar-refractivity contribution is 0.0833. The number of ketones is 1. The first-order valence-corrected chi connectivity index (χ1v) is 9.90. The van der Waals surface area contributed by atoms with Crippen molar-refractivity contribution in [2.24, 2.45) is 5.92 Å². The third-order valence-corrected chi connectivity index (χ3v) is 5.87. The van der Waals surface area contributed by atoms with Crippen LogP contribution < -0.4 is 0 Å². The molecule has 0 unspecified atom stereocenters. The summed E-state index contributed by atoms with van der Waals surface area (Å²) in [6.45, 7) is 4.60. The number of oxazole rings is 1. The summed E-state index contributed by atoms with van der Waals surface area (Å²) < 4.78 is 5.84.